The molecule has 1 aromatic rings. The summed E-state index contributed by atoms with van der Waals surface area (Å²) in [4.78, 5) is 4.72. The second-order valence-electron chi connectivity index (χ2n) is 5.66. The third-order valence-corrected chi connectivity index (χ3v) is 4.08. The van der Waals surface area contributed by atoms with Crippen LogP contribution in [0.5, 0.6) is 11.5 Å². The van der Waals surface area contributed by atoms with Crippen LogP contribution in [-0.4, -0.2) is 75.0 Å². The van der Waals surface area contributed by atoms with E-state index >= 15 is 0 Å². The Morgan fingerprint density at radius 1 is 1.27 bits per heavy atom. The van der Waals surface area contributed by atoms with Gasteiger partial charge in [-0.3, -0.25) is 4.90 Å². The molecule has 6 heteroatoms. The number of ether oxygens (including phenoxy) is 2. The van der Waals surface area contributed by atoms with Gasteiger partial charge in [0.05, 0.1) is 19.8 Å². The van der Waals surface area contributed by atoms with Gasteiger partial charge < -0.3 is 25.2 Å². The molecule has 0 radical (unpaired) electrons. The standard InChI is InChI=1S/C16H27N3O3/c1-18-6-8-19(9-7-18)10-11-22-16-13(14(17)12-20)4-3-5-15(16)21-2/h3-5,14,20H,6-12,17H2,1-2H3/t14-/m0/s1. The first kappa shape index (κ1) is 17.0. The van der Waals surface area contributed by atoms with Crippen LogP contribution in [0.3, 0.4) is 0 Å². The van der Waals surface area contributed by atoms with Crippen LogP contribution in [0.15, 0.2) is 18.2 Å². The average molecular weight is 309 g/mol. The van der Waals surface area contributed by atoms with Crippen molar-refractivity contribution in [1.82, 2.24) is 9.80 Å². The fraction of sp³-hybridized carbons (Fsp3) is 0.625. The fourth-order valence-electron chi connectivity index (χ4n) is 2.59. The van der Waals surface area contributed by atoms with Crippen molar-refractivity contribution in [3.63, 3.8) is 0 Å². The van der Waals surface area contributed by atoms with Crippen LogP contribution in [-0.2, 0) is 0 Å². The average Bonchev–Trinajstić information content (AvgIpc) is 2.56. The molecule has 3 N–H and O–H groups in total. The predicted octanol–water partition coefficient (Wildman–Crippen LogP) is 0.314. The molecule has 1 saturated heterocycles. The van der Waals surface area contributed by atoms with Crippen molar-refractivity contribution in [3.05, 3.63) is 23.8 Å². The summed E-state index contributed by atoms with van der Waals surface area (Å²) >= 11 is 0. The molecule has 6 nitrogen and oxygen atoms in total. The molecule has 0 aliphatic carbocycles. The van der Waals surface area contributed by atoms with E-state index in [1.54, 1.807) is 7.11 Å². The van der Waals surface area contributed by atoms with Gasteiger partial charge in [0.15, 0.2) is 11.5 Å². The first-order valence-electron chi connectivity index (χ1n) is 7.72. The van der Waals surface area contributed by atoms with Gasteiger partial charge in [-0.05, 0) is 13.1 Å². The lowest BCUT2D eigenvalue weighted by Crippen LogP contribution is -2.45. The van der Waals surface area contributed by atoms with Crippen LogP contribution in [0.1, 0.15) is 11.6 Å². The highest BCUT2D eigenvalue weighted by molar-refractivity contribution is 5.48. The zero-order chi connectivity index (χ0) is 15.9. The topological polar surface area (TPSA) is 71.2 Å². The number of likely N-dealkylation sites (N-methyl/N-ethyl adjacent to an activating group) is 1. The van der Waals surface area contributed by atoms with E-state index in [4.69, 9.17) is 15.2 Å². The Balaban J connectivity index is 1.96. The molecule has 2 rings (SSSR count). The highest BCUT2D eigenvalue weighted by Crippen LogP contribution is 2.34. The number of nitrogens with zero attached hydrogens (tertiary/aromatic N) is 2. The zero-order valence-electron chi connectivity index (χ0n) is 13.5. The minimum absolute atomic E-state index is 0.123. The lowest BCUT2D eigenvalue weighted by Gasteiger charge is -2.32. The third-order valence-electron chi connectivity index (χ3n) is 4.08. The predicted molar refractivity (Wildman–Crippen MR) is 86.4 cm³/mol. The van der Waals surface area contributed by atoms with Gasteiger partial charge in [0.25, 0.3) is 0 Å². The van der Waals surface area contributed by atoms with Crippen molar-refractivity contribution >= 4 is 0 Å². The van der Waals surface area contributed by atoms with E-state index in [9.17, 15) is 5.11 Å². The summed E-state index contributed by atoms with van der Waals surface area (Å²) < 4.78 is 11.3. The van der Waals surface area contributed by atoms with E-state index in [1.807, 2.05) is 18.2 Å². The normalized spacial score (nSPS) is 18.2. The molecule has 124 valence electrons. The number of aliphatic hydroxyl groups is 1. The van der Waals surface area contributed by atoms with E-state index in [2.05, 4.69) is 16.8 Å². The van der Waals surface area contributed by atoms with Crippen LogP contribution < -0.4 is 15.2 Å². The minimum Gasteiger partial charge on any atom is -0.493 e. The number of piperazine rings is 1. The Morgan fingerprint density at radius 3 is 2.64 bits per heavy atom. The van der Waals surface area contributed by atoms with Gasteiger partial charge in [-0.1, -0.05) is 12.1 Å². The lowest BCUT2D eigenvalue weighted by molar-refractivity contribution is 0.132. The fourth-order valence-corrected chi connectivity index (χ4v) is 2.59. The van der Waals surface area contributed by atoms with E-state index in [-0.39, 0.29) is 6.61 Å². The van der Waals surface area contributed by atoms with Gasteiger partial charge in [-0.25, -0.2) is 0 Å². The van der Waals surface area contributed by atoms with Crippen molar-refractivity contribution < 1.29 is 14.6 Å². The maximum atomic E-state index is 9.30. The molecule has 0 spiro atoms. The van der Waals surface area contributed by atoms with Crippen LogP contribution in [0.4, 0.5) is 0 Å². The number of aliphatic hydroxyl groups excluding tert-OH is 1. The number of rotatable bonds is 7. The molecule has 1 heterocycles. The molecule has 1 aliphatic heterocycles. The molecule has 1 atom stereocenters. The summed E-state index contributed by atoms with van der Waals surface area (Å²) in [5, 5.41) is 9.30. The second-order valence-corrected chi connectivity index (χ2v) is 5.66. The zero-order valence-corrected chi connectivity index (χ0v) is 13.5. The molecule has 0 aromatic heterocycles. The van der Waals surface area contributed by atoms with E-state index in [1.165, 1.54) is 0 Å². The Morgan fingerprint density at radius 2 is 2.00 bits per heavy atom. The van der Waals surface area contributed by atoms with Gasteiger partial charge >= 0.3 is 0 Å². The van der Waals surface area contributed by atoms with Crippen LogP contribution in [0.25, 0.3) is 0 Å². The quantitative estimate of drug-likeness (QED) is 0.755. The van der Waals surface area contributed by atoms with Crippen LogP contribution in [0, 0.1) is 0 Å². The number of methoxy groups -OCH3 is 1. The van der Waals surface area contributed by atoms with Gasteiger partial charge in [-0.2, -0.15) is 0 Å². The SMILES string of the molecule is COc1cccc([C@@H](N)CO)c1OCCN1CCN(C)CC1. The Hall–Kier alpha value is -1.34. The minimum atomic E-state index is -0.464. The van der Waals surface area contributed by atoms with Crippen molar-refractivity contribution in [2.24, 2.45) is 5.73 Å². The van der Waals surface area contributed by atoms with Crippen LogP contribution in [0.2, 0.25) is 0 Å². The van der Waals surface area contributed by atoms with Gasteiger partial charge in [0.1, 0.15) is 6.61 Å². The molecule has 0 saturated carbocycles. The largest absolute Gasteiger partial charge is 0.493 e. The Bertz CT molecular complexity index is 462. The molecule has 1 aliphatic rings. The Kier molecular flexibility index (Phi) is 6.45. The molecular formula is C16H27N3O3. The van der Waals surface area contributed by atoms with E-state index in [0.29, 0.717) is 18.1 Å². The second kappa shape index (κ2) is 8.33. The maximum Gasteiger partial charge on any atom is 0.166 e. The van der Waals surface area contributed by atoms with E-state index < -0.39 is 6.04 Å². The summed E-state index contributed by atoms with van der Waals surface area (Å²) in [6.45, 7) is 5.64. The number of hydrogen-bond acceptors (Lipinski definition) is 6. The van der Waals surface area contributed by atoms with Gasteiger partial charge in [-0.15, -0.1) is 0 Å². The monoisotopic (exact) mass is 309 g/mol. The summed E-state index contributed by atoms with van der Waals surface area (Å²) in [5.74, 6) is 1.29. The molecule has 1 fully saturated rings. The van der Waals surface area contributed by atoms with E-state index in [0.717, 1.165) is 38.3 Å². The molecule has 0 amide bonds. The summed E-state index contributed by atoms with van der Waals surface area (Å²) in [6, 6.07) is 5.11. The van der Waals surface area contributed by atoms with Crippen molar-refractivity contribution in [1.29, 1.82) is 0 Å². The van der Waals surface area contributed by atoms with Gasteiger partial charge in [0, 0.05) is 38.3 Å². The summed E-state index contributed by atoms with van der Waals surface area (Å²) in [6.07, 6.45) is 0. The van der Waals surface area contributed by atoms with Crippen molar-refractivity contribution in [2.45, 2.75) is 6.04 Å². The highest BCUT2D eigenvalue weighted by atomic mass is 16.5. The number of hydrogen-bond donors (Lipinski definition) is 2. The smallest absolute Gasteiger partial charge is 0.166 e. The number of benzene rings is 1. The molecule has 22 heavy (non-hydrogen) atoms. The summed E-state index contributed by atoms with van der Waals surface area (Å²) in [5.41, 5.74) is 6.72. The van der Waals surface area contributed by atoms with Crippen molar-refractivity contribution in [3.8, 4) is 11.5 Å². The molecule has 0 bridgehead atoms. The van der Waals surface area contributed by atoms with Gasteiger partial charge in [0.2, 0.25) is 0 Å². The molecular weight excluding hydrogens is 282 g/mol. The number of para-hydroxylation sites is 1. The summed E-state index contributed by atoms with van der Waals surface area (Å²) in [7, 11) is 3.75. The third kappa shape index (κ3) is 4.33. The molecule has 0 unspecified atom stereocenters. The Labute approximate surface area is 132 Å². The highest BCUT2D eigenvalue weighted by Gasteiger charge is 2.17. The van der Waals surface area contributed by atoms with Crippen molar-refractivity contribution in [2.75, 3.05) is 60.1 Å². The first-order valence-corrected chi connectivity index (χ1v) is 7.72. The lowest BCUT2D eigenvalue weighted by atomic mass is 10.1. The molecule has 1 aromatic carbocycles. The number of nitrogens with two attached hydrogens (primary N) is 1. The first-order chi connectivity index (χ1) is 10.7. The maximum absolute atomic E-state index is 9.30. The van der Waals surface area contributed by atoms with Crippen LogP contribution >= 0.6 is 0 Å².